The summed E-state index contributed by atoms with van der Waals surface area (Å²) in [5.41, 5.74) is 3.29. The molecule has 1 unspecified atom stereocenters. The van der Waals surface area contributed by atoms with Gasteiger partial charge in [-0.2, -0.15) is 13.2 Å². The van der Waals surface area contributed by atoms with E-state index in [0.717, 1.165) is 80.4 Å². The Morgan fingerprint density at radius 3 is 2.52 bits per heavy atom. The number of pyridine rings is 1. The Labute approximate surface area is 360 Å². The van der Waals surface area contributed by atoms with Gasteiger partial charge in [-0.3, -0.25) is 19.4 Å². The van der Waals surface area contributed by atoms with E-state index in [1.807, 2.05) is 36.5 Å². The summed E-state index contributed by atoms with van der Waals surface area (Å²) in [6, 6.07) is 24.1. The van der Waals surface area contributed by atoms with Gasteiger partial charge in [-0.05, 0) is 141 Å². The minimum atomic E-state index is -5.26. The predicted molar refractivity (Wildman–Crippen MR) is 230 cm³/mol. The highest BCUT2D eigenvalue weighted by Crippen LogP contribution is 2.58. The maximum absolute atomic E-state index is 14.5. The number of carbonyl (C=O) groups is 2. The van der Waals surface area contributed by atoms with Crippen LogP contribution < -0.4 is 19.1 Å². The molecule has 1 spiro atoms. The smallest absolute Gasteiger partial charge is 0.471 e. The van der Waals surface area contributed by atoms with Gasteiger partial charge in [-0.15, -0.1) is 0 Å². The molecule has 1 heterocycles. The fourth-order valence-corrected chi connectivity index (χ4v) is 10.7. The lowest BCUT2D eigenvalue weighted by Gasteiger charge is -2.51. The second kappa shape index (κ2) is 19.2. The van der Waals surface area contributed by atoms with Crippen LogP contribution in [0, 0.1) is 11.8 Å². The summed E-state index contributed by atoms with van der Waals surface area (Å²) >= 11 is 7.93. The van der Waals surface area contributed by atoms with Crippen molar-refractivity contribution < 1.29 is 37.0 Å². The van der Waals surface area contributed by atoms with Crippen molar-refractivity contribution in [3.8, 4) is 11.5 Å². The van der Waals surface area contributed by atoms with Crippen LogP contribution >= 0.6 is 23.5 Å². The molecule has 3 aliphatic carbocycles. The molecule has 0 bridgehead atoms. The van der Waals surface area contributed by atoms with E-state index in [4.69, 9.17) is 25.8 Å². The number of benzene rings is 3. The number of halogens is 4. The number of aromatic nitrogens is 1. The van der Waals surface area contributed by atoms with Crippen LogP contribution in [0.25, 0.3) is 0 Å². The van der Waals surface area contributed by atoms with Crippen molar-refractivity contribution in [1.82, 2.24) is 9.71 Å². The monoisotopic (exact) mass is 863 g/mol. The van der Waals surface area contributed by atoms with Crippen molar-refractivity contribution in [2.75, 3.05) is 37.5 Å². The first-order chi connectivity index (χ1) is 28.9. The standard InChI is InChI=1S/C47H53ClF3N3O5S/c1-32(31-59-42-17-23-52-41-14-7-6-13-39(41)42)27-35-28-34-15-16-38(58-25-24-53-60-26-18-33-9-4-3-5-10-33)30-40(34)45(35)19-21-46(22-20-45,44(56)57-2)54(43(55)47(49,50)51)37-12-8-11-36(48)29-37/h3-5,8-12,15-17,23,29-30,32,35,53H,6-7,13-14,18-22,24-28,31H2,1-2H3/t32-,35?,45?,46?/m1/s1. The van der Waals surface area contributed by atoms with Gasteiger partial charge in [-0.25, -0.2) is 4.79 Å². The second-order valence-electron chi connectivity index (χ2n) is 16.4. The van der Waals surface area contributed by atoms with Gasteiger partial charge >= 0.3 is 18.1 Å². The average Bonchev–Trinajstić information content (AvgIpc) is 3.53. The quantitative estimate of drug-likeness (QED) is 0.0677. The number of ether oxygens (including phenoxy) is 3. The van der Waals surface area contributed by atoms with Crippen molar-refractivity contribution in [2.24, 2.45) is 11.8 Å². The molecule has 320 valence electrons. The highest BCUT2D eigenvalue weighted by molar-refractivity contribution is 7.97. The van der Waals surface area contributed by atoms with E-state index in [-0.39, 0.29) is 35.4 Å². The SMILES string of the molecule is COC(=O)C1(N(C(=O)C(F)(F)F)c2cccc(Cl)c2)CCC2(CC1)c1cc(OCCNSCCc3ccccc3)ccc1CC2C[C@@H](C)COc1ccnc2c1CCCC2. The molecule has 1 N–H and O–H groups in total. The minimum absolute atomic E-state index is 0.0484. The average molecular weight is 864 g/mol. The normalized spacial score (nSPS) is 21.5. The molecule has 3 aromatic carbocycles. The van der Waals surface area contributed by atoms with E-state index in [9.17, 15) is 22.8 Å². The Balaban J connectivity index is 1.13. The van der Waals surface area contributed by atoms with Crippen molar-refractivity contribution in [3.05, 3.63) is 118 Å². The van der Waals surface area contributed by atoms with Crippen LogP contribution in [0.2, 0.25) is 5.02 Å². The molecule has 13 heteroatoms. The molecule has 0 saturated heterocycles. The zero-order valence-electron chi connectivity index (χ0n) is 34.2. The Kier molecular flexibility index (Phi) is 14.0. The number of rotatable bonds is 16. The summed E-state index contributed by atoms with van der Waals surface area (Å²) in [7, 11) is 1.15. The molecule has 1 aromatic heterocycles. The lowest BCUT2D eigenvalue weighted by Crippen LogP contribution is -2.63. The van der Waals surface area contributed by atoms with Gasteiger partial charge in [0.25, 0.3) is 0 Å². The summed E-state index contributed by atoms with van der Waals surface area (Å²) < 4.78 is 64.8. The van der Waals surface area contributed by atoms with E-state index in [0.29, 0.717) is 43.2 Å². The molecule has 1 fully saturated rings. The van der Waals surface area contributed by atoms with E-state index in [1.54, 1.807) is 11.9 Å². The van der Waals surface area contributed by atoms with Gasteiger partial charge in [0.2, 0.25) is 0 Å². The third kappa shape index (κ3) is 9.61. The molecular weight excluding hydrogens is 811 g/mol. The van der Waals surface area contributed by atoms with Crippen molar-refractivity contribution in [2.45, 2.75) is 94.7 Å². The van der Waals surface area contributed by atoms with Gasteiger partial charge in [0.1, 0.15) is 23.6 Å². The van der Waals surface area contributed by atoms with Crippen LogP contribution in [-0.4, -0.2) is 61.2 Å². The summed E-state index contributed by atoms with van der Waals surface area (Å²) in [5.74, 6) is -0.281. The number of nitrogens with one attached hydrogen (secondary N) is 1. The number of alkyl halides is 3. The van der Waals surface area contributed by atoms with Gasteiger partial charge in [0.05, 0.1) is 13.7 Å². The lowest BCUT2D eigenvalue weighted by atomic mass is 9.59. The third-order valence-corrected chi connectivity index (χ3v) is 13.7. The van der Waals surface area contributed by atoms with Crippen LogP contribution in [0.4, 0.5) is 18.9 Å². The lowest BCUT2D eigenvalue weighted by molar-refractivity contribution is -0.174. The molecule has 1 amide bonds. The molecule has 60 heavy (non-hydrogen) atoms. The molecule has 7 rings (SSSR count). The minimum Gasteiger partial charge on any atom is -0.493 e. The maximum atomic E-state index is 14.5. The van der Waals surface area contributed by atoms with Crippen molar-refractivity contribution in [1.29, 1.82) is 0 Å². The Morgan fingerprint density at radius 1 is 0.983 bits per heavy atom. The summed E-state index contributed by atoms with van der Waals surface area (Å²) in [4.78, 5) is 32.5. The third-order valence-electron chi connectivity index (χ3n) is 12.7. The molecule has 1 saturated carbocycles. The van der Waals surface area contributed by atoms with Crippen LogP contribution in [0.5, 0.6) is 11.5 Å². The number of aryl methyl sites for hydroxylation is 2. The zero-order valence-corrected chi connectivity index (χ0v) is 35.8. The van der Waals surface area contributed by atoms with E-state index < -0.39 is 29.0 Å². The molecule has 8 nitrogen and oxygen atoms in total. The van der Waals surface area contributed by atoms with Crippen molar-refractivity contribution in [3.63, 3.8) is 0 Å². The van der Waals surface area contributed by atoms with E-state index in [2.05, 4.69) is 40.9 Å². The largest absolute Gasteiger partial charge is 0.493 e. The number of hydrogen-bond donors (Lipinski definition) is 1. The number of nitrogens with zero attached hydrogens (tertiary/aromatic N) is 2. The highest BCUT2D eigenvalue weighted by atomic mass is 35.5. The first-order valence-electron chi connectivity index (χ1n) is 20.9. The number of amides is 1. The number of hydrogen-bond acceptors (Lipinski definition) is 8. The first kappa shape index (κ1) is 43.8. The fraction of sp³-hybridized carbons (Fsp3) is 0.468. The van der Waals surface area contributed by atoms with Crippen LogP contribution in [0.1, 0.15) is 79.8 Å². The molecule has 0 radical (unpaired) electrons. The Morgan fingerprint density at radius 2 is 1.77 bits per heavy atom. The zero-order chi connectivity index (χ0) is 42.3. The number of carbonyl (C=O) groups excluding carboxylic acids is 2. The van der Waals surface area contributed by atoms with Crippen molar-refractivity contribution >= 4 is 41.1 Å². The number of methoxy groups -OCH3 is 1. The van der Waals surface area contributed by atoms with Crippen LogP contribution in [-0.2, 0) is 45.4 Å². The van der Waals surface area contributed by atoms with Crippen LogP contribution in [0.3, 0.4) is 0 Å². The Hall–Kier alpha value is -4.26. The summed E-state index contributed by atoms with van der Waals surface area (Å²) in [6.07, 6.45) is 3.80. The summed E-state index contributed by atoms with van der Waals surface area (Å²) in [6.45, 7) is 3.75. The van der Waals surface area contributed by atoms with Gasteiger partial charge in [-0.1, -0.05) is 72.9 Å². The molecular formula is C47H53ClF3N3O5S. The molecule has 4 aromatic rings. The maximum Gasteiger partial charge on any atom is 0.471 e. The number of fused-ring (bicyclic) bond motifs is 3. The Bertz CT molecular complexity index is 2110. The molecule has 2 atom stereocenters. The second-order valence-corrected chi connectivity index (χ2v) is 17.9. The van der Waals surface area contributed by atoms with Gasteiger partial charge in [0, 0.05) is 40.5 Å². The predicted octanol–water partition coefficient (Wildman–Crippen LogP) is 10.1. The van der Waals surface area contributed by atoms with E-state index >= 15 is 0 Å². The molecule has 3 aliphatic rings. The van der Waals surface area contributed by atoms with Gasteiger partial charge in [0.15, 0.2) is 0 Å². The molecule has 0 aliphatic heterocycles. The number of esters is 1. The fourth-order valence-electron chi connectivity index (χ4n) is 9.76. The van der Waals surface area contributed by atoms with E-state index in [1.165, 1.54) is 35.4 Å². The topological polar surface area (TPSA) is 90.0 Å². The first-order valence-corrected chi connectivity index (χ1v) is 22.3. The number of anilines is 1. The van der Waals surface area contributed by atoms with Gasteiger partial charge < -0.3 is 14.2 Å². The van der Waals surface area contributed by atoms with Crippen LogP contribution in [0.15, 0.2) is 85.1 Å². The highest BCUT2D eigenvalue weighted by Gasteiger charge is 2.60. The summed E-state index contributed by atoms with van der Waals surface area (Å²) in [5, 5.41) is 0.140.